The SMILES string of the molecule is Cc1cc(-c2nc(O[C@@H]3C[C@H]4C(=O)N[C@]5(C(=O)NS(=O)(=O)C6CC6)C[C@H]5/C=C\CCCCC[C@H](NC(=O)C(F)(F)F)C(=O)N4C3)c3oc4ccc(F)cc4c3n2)no1. The summed E-state index contributed by atoms with van der Waals surface area (Å²) >= 11 is 0. The predicted octanol–water partition coefficient (Wildman–Crippen LogP) is 3.88. The summed E-state index contributed by atoms with van der Waals surface area (Å²) in [6.45, 7) is 1.23. The zero-order valence-electron chi connectivity index (χ0n) is 30.8. The maximum atomic E-state index is 14.4. The summed E-state index contributed by atoms with van der Waals surface area (Å²) in [7, 11) is -4.03. The molecule has 0 radical (unpaired) electrons. The van der Waals surface area contributed by atoms with Gasteiger partial charge in [-0.3, -0.25) is 23.9 Å². The fraction of sp³-hybridized carbons (Fsp3) is 0.486. The van der Waals surface area contributed by atoms with E-state index in [-0.39, 0.29) is 65.2 Å². The lowest BCUT2D eigenvalue weighted by Gasteiger charge is -2.30. The molecule has 16 nitrogen and oxygen atoms in total. The molecule has 4 amide bonds. The first kappa shape index (κ1) is 39.2. The van der Waals surface area contributed by atoms with Crippen molar-refractivity contribution < 1.29 is 58.8 Å². The summed E-state index contributed by atoms with van der Waals surface area (Å²) in [6, 6.07) is 2.11. The van der Waals surface area contributed by atoms with Crippen molar-refractivity contribution >= 4 is 55.7 Å². The van der Waals surface area contributed by atoms with Crippen molar-refractivity contribution in [2.75, 3.05) is 6.54 Å². The third kappa shape index (κ3) is 7.70. The van der Waals surface area contributed by atoms with Gasteiger partial charge in [-0.15, -0.1) is 0 Å². The molecule has 3 fully saturated rings. The molecule has 58 heavy (non-hydrogen) atoms. The lowest BCUT2D eigenvalue weighted by molar-refractivity contribution is -0.175. The molecule has 308 valence electrons. The van der Waals surface area contributed by atoms with Crippen molar-refractivity contribution in [3.8, 4) is 17.4 Å². The number of amides is 4. The number of sulfonamides is 1. The molecule has 0 spiro atoms. The first-order chi connectivity index (χ1) is 27.5. The van der Waals surface area contributed by atoms with Crippen LogP contribution in [0, 0.1) is 18.7 Å². The molecule has 8 rings (SSSR count). The highest BCUT2D eigenvalue weighted by Crippen LogP contribution is 2.46. The summed E-state index contributed by atoms with van der Waals surface area (Å²) in [6.07, 6.45) is -0.841. The number of allylic oxidation sites excluding steroid dienone is 1. The molecule has 0 bridgehead atoms. The molecule has 5 heterocycles. The number of benzene rings is 1. The van der Waals surface area contributed by atoms with E-state index in [0.29, 0.717) is 37.9 Å². The van der Waals surface area contributed by atoms with Crippen molar-refractivity contribution in [1.29, 1.82) is 0 Å². The van der Waals surface area contributed by atoms with E-state index >= 15 is 0 Å². The lowest BCUT2D eigenvalue weighted by Crippen LogP contribution is -2.58. The molecular formula is C37H37F4N7O9S. The summed E-state index contributed by atoms with van der Waals surface area (Å²) in [4.78, 5) is 64.5. The van der Waals surface area contributed by atoms with Gasteiger partial charge >= 0.3 is 12.1 Å². The Kier molecular flexibility index (Phi) is 9.91. The van der Waals surface area contributed by atoms with Crippen LogP contribution in [0.15, 0.2) is 45.4 Å². The van der Waals surface area contributed by atoms with Gasteiger partial charge in [0.05, 0.1) is 11.8 Å². The van der Waals surface area contributed by atoms with E-state index in [9.17, 15) is 45.2 Å². The first-order valence-corrected chi connectivity index (χ1v) is 20.3. The number of nitrogens with zero attached hydrogens (tertiary/aromatic N) is 4. The van der Waals surface area contributed by atoms with Crippen LogP contribution in [0.25, 0.3) is 33.6 Å². The van der Waals surface area contributed by atoms with Crippen LogP contribution < -0.4 is 20.1 Å². The topological polar surface area (TPSA) is 216 Å². The number of hydrogen-bond donors (Lipinski definition) is 3. The Hall–Kier alpha value is -5.60. The van der Waals surface area contributed by atoms with E-state index in [2.05, 4.69) is 25.2 Å². The molecule has 2 saturated carbocycles. The van der Waals surface area contributed by atoms with Gasteiger partial charge in [0.25, 0.3) is 11.8 Å². The summed E-state index contributed by atoms with van der Waals surface area (Å²) in [5, 5.41) is 7.96. The second-order valence-corrected chi connectivity index (χ2v) is 17.1. The Labute approximate surface area is 327 Å². The second kappa shape index (κ2) is 14.7. The molecule has 2 aliphatic carbocycles. The van der Waals surface area contributed by atoms with Crippen LogP contribution >= 0.6 is 0 Å². The van der Waals surface area contributed by atoms with E-state index < -0.39 is 87.1 Å². The van der Waals surface area contributed by atoms with Crippen molar-refractivity contribution in [3.63, 3.8) is 0 Å². The molecule has 2 aliphatic heterocycles. The lowest BCUT2D eigenvalue weighted by atomic mass is 10.0. The number of halogens is 4. The van der Waals surface area contributed by atoms with Crippen molar-refractivity contribution in [1.82, 2.24) is 35.4 Å². The Morgan fingerprint density at radius 1 is 1.09 bits per heavy atom. The van der Waals surface area contributed by atoms with E-state index in [1.807, 2.05) is 0 Å². The minimum atomic E-state index is -5.31. The highest BCUT2D eigenvalue weighted by molar-refractivity contribution is 7.91. The third-order valence-electron chi connectivity index (χ3n) is 10.8. The molecule has 1 saturated heterocycles. The highest BCUT2D eigenvalue weighted by Gasteiger charge is 2.62. The largest absolute Gasteiger partial charge is 0.471 e. The smallest absolute Gasteiger partial charge is 0.470 e. The quantitative estimate of drug-likeness (QED) is 0.179. The van der Waals surface area contributed by atoms with Crippen LogP contribution in [0.2, 0.25) is 0 Å². The molecule has 0 unspecified atom stereocenters. The van der Waals surface area contributed by atoms with Gasteiger partial charge in [-0.05, 0) is 63.6 Å². The van der Waals surface area contributed by atoms with Crippen molar-refractivity contribution in [2.24, 2.45) is 5.92 Å². The molecule has 1 aromatic carbocycles. The zero-order chi connectivity index (χ0) is 41.1. The molecule has 4 aliphatic rings. The van der Waals surface area contributed by atoms with Crippen molar-refractivity contribution in [3.05, 3.63) is 48.0 Å². The average Bonchev–Trinajstić information content (AvgIpc) is 4.00. The molecule has 5 atom stereocenters. The number of carbonyl (C=O) groups is 4. The summed E-state index contributed by atoms with van der Waals surface area (Å²) in [5.74, 6) is -6.18. The Morgan fingerprint density at radius 2 is 1.88 bits per heavy atom. The first-order valence-electron chi connectivity index (χ1n) is 18.8. The third-order valence-corrected chi connectivity index (χ3v) is 12.6. The number of rotatable bonds is 7. The van der Waals surface area contributed by atoms with Gasteiger partial charge < -0.3 is 29.2 Å². The van der Waals surface area contributed by atoms with Gasteiger partial charge in [0.15, 0.2) is 11.5 Å². The van der Waals surface area contributed by atoms with Crippen LogP contribution in [0.3, 0.4) is 0 Å². The monoisotopic (exact) mass is 831 g/mol. The standard InChI is InChI=1S/C37H37F4N7O9S/c1-18-13-25(46-57-18)30-43-28-23-14-20(38)9-12-27(23)56-29(28)32(44-30)55-21-15-26-31(49)45-36(34(51)47-58(53,54)22-10-11-22)16-19(36)7-5-3-2-4-6-8-24(33(50)48(26)17-21)42-35(52)37(39,40)41/h5,7,9,12-14,19,21-22,24,26H,2-4,6,8,10-11,15-17H2,1H3,(H,42,52)(H,45,49)(H,47,51)/b7-5-/t19-,21-,24+,26+,36-/m1/s1. The number of hydrogen-bond acceptors (Lipinski definition) is 12. The molecule has 3 N–H and O–H groups in total. The summed E-state index contributed by atoms with van der Waals surface area (Å²) in [5.41, 5.74) is -1.19. The van der Waals surface area contributed by atoms with E-state index in [1.54, 1.807) is 30.5 Å². The maximum Gasteiger partial charge on any atom is 0.471 e. The Morgan fingerprint density at radius 3 is 2.60 bits per heavy atom. The van der Waals surface area contributed by atoms with E-state index in [1.165, 1.54) is 18.2 Å². The highest BCUT2D eigenvalue weighted by atomic mass is 32.2. The van der Waals surface area contributed by atoms with E-state index in [0.717, 1.165) is 4.90 Å². The van der Waals surface area contributed by atoms with Gasteiger partial charge in [-0.25, -0.2) is 17.8 Å². The predicted molar refractivity (Wildman–Crippen MR) is 193 cm³/mol. The maximum absolute atomic E-state index is 14.4. The minimum absolute atomic E-state index is 0.00941. The number of nitrogens with one attached hydrogen (secondary N) is 3. The normalized spacial score (nSPS) is 26.3. The van der Waals surface area contributed by atoms with Crippen molar-refractivity contribution in [2.45, 2.75) is 99.9 Å². The number of carbonyl (C=O) groups excluding carboxylic acids is 4. The van der Waals surface area contributed by atoms with Gasteiger partial charge in [0.1, 0.15) is 46.4 Å². The van der Waals surface area contributed by atoms with Gasteiger partial charge in [0.2, 0.25) is 27.4 Å². The number of aromatic nitrogens is 3. The number of fused-ring (bicyclic) bond motifs is 5. The number of aryl methyl sites for hydroxylation is 1. The number of furan rings is 1. The minimum Gasteiger partial charge on any atom is -0.470 e. The van der Waals surface area contributed by atoms with Gasteiger partial charge in [-0.2, -0.15) is 18.2 Å². The van der Waals surface area contributed by atoms with Gasteiger partial charge in [-0.1, -0.05) is 30.2 Å². The number of alkyl halides is 3. The molecule has 3 aromatic heterocycles. The molecule has 21 heteroatoms. The van der Waals surface area contributed by atoms with Crippen LogP contribution in [0.5, 0.6) is 5.88 Å². The van der Waals surface area contributed by atoms with Crippen LogP contribution in [0.4, 0.5) is 17.6 Å². The Balaban J connectivity index is 1.16. The second-order valence-electron chi connectivity index (χ2n) is 15.1. The fourth-order valence-corrected chi connectivity index (χ4v) is 8.87. The molecular weight excluding hydrogens is 795 g/mol. The fourth-order valence-electron chi connectivity index (χ4n) is 7.50. The Bertz CT molecular complexity index is 2470. The van der Waals surface area contributed by atoms with E-state index in [4.69, 9.17) is 13.7 Å². The number of ether oxygens (including phenoxy) is 1. The van der Waals surface area contributed by atoms with Crippen LogP contribution in [0.1, 0.15) is 63.5 Å². The average molecular weight is 832 g/mol. The van der Waals surface area contributed by atoms with Crippen LogP contribution in [-0.2, 0) is 29.2 Å². The molecule has 4 aromatic rings. The zero-order valence-corrected chi connectivity index (χ0v) is 31.6. The summed E-state index contributed by atoms with van der Waals surface area (Å²) < 4.78 is 100. The van der Waals surface area contributed by atoms with Crippen LogP contribution in [-0.4, -0.2) is 93.8 Å². The van der Waals surface area contributed by atoms with Gasteiger partial charge in [0, 0.05) is 23.8 Å².